The van der Waals surface area contributed by atoms with Crippen LogP contribution in [0.3, 0.4) is 0 Å². The zero-order valence-electron chi connectivity index (χ0n) is 9.53. The van der Waals surface area contributed by atoms with E-state index in [0.29, 0.717) is 6.04 Å². The van der Waals surface area contributed by atoms with Crippen LogP contribution >= 0.6 is 0 Å². The molecular weight excluding hydrogens is 186 g/mol. The zero-order valence-corrected chi connectivity index (χ0v) is 9.53. The molecule has 0 aliphatic heterocycles. The molecule has 0 radical (unpaired) electrons. The number of rotatable bonds is 5. The molecule has 1 N–H and O–H groups in total. The highest BCUT2D eigenvalue weighted by atomic mass is 14.9. The predicted molar refractivity (Wildman–Crippen MR) is 60.5 cm³/mol. The molecule has 0 amide bonds. The van der Waals surface area contributed by atoms with Gasteiger partial charge in [-0.15, -0.1) is 0 Å². The summed E-state index contributed by atoms with van der Waals surface area (Å²) in [6.45, 7) is 5.27. The fourth-order valence-corrected chi connectivity index (χ4v) is 1.85. The van der Waals surface area contributed by atoms with Crippen LogP contribution in [-0.2, 0) is 0 Å². The summed E-state index contributed by atoms with van der Waals surface area (Å²) in [5.41, 5.74) is 2.11. The molecule has 1 aliphatic carbocycles. The average Bonchev–Trinajstić information content (AvgIpc) is 3.02. The lowest BCUT2D eigenvalue weighted by Crippen LogP contribution is -2.22. The van der Waals surface area contributed by atoms with Crippen molar-refractivity contribution in [2.75, 3.05) is 6.54 Å². The topological polar surface area (TPSA) is 37.8 Å². The highest BCUT2D eigenvalue weighted by Gasteiger charge is 2.20. The van der Waals surface area contributed by atoms with E-state index in [4.69, 9.17) is 0 Å². The first-order valence-corrected chi connectivity index (χ1v) is 5.78. The minimum atomic E-state index is 0.317. The summed E-state index contributed by atoms with van der Waals surface area (Å²) in [5, 5.41) is 3.51. The third-order valence-corrected chi connectivity index (χ3v) is 3.03. The van der Waals surface area contributed by atoms with Gasteiger partial charge in [-0.05, 0) is 32.7 Å². The summed E-state index contributed by atoms with van der Waals surface area (Å²) in [4.78, 5) is 8.62. The average molecular weight is 205 g/mol. The summed E-state index contributed by atoms with van der Waals surface area (Å²) in [6, 6.07) is 0.317. The van der Waals surface area contributed by atoms with Crippen LogP contribution < -0.4 is 5.32 Å². The Labute approximate surface area is 91.3 Å². The molecule has 0 bridgehead atoms. The smallest absolute Gasteiger partial charge is 0.0782 e. The molecule has 15 heavy (non-hydrogen) atoms. The van der Waals surface area contributed by atoms with E-state index in [0.717, 1.165) is 23.9 Å². The van der Waals surface area contributed by atoms with Gasteiger partial charge in [0.25, 0.3) is 0 Å². The SMILES string of the molecule is Cc1nccnc1C(C)NCCC1CC1. The third kappa shape index (κ3) is 2.99. The van der Waals surface area contributed by atoms with Gasteiger partial charge < -0.3 is 5.32 Å². The van der Waals surface area contributed by atoms with E-state index in [1.165, 1.54) is 19.3 Å². The van der Waals surface area contributed by atoms with E-state index in [2.05, 4.69) is 22.2 Å². The zero-order chi connectivity index (χ0) is 10.7. The van der Waals surface area contributed by atoms with Crippen LogP contribution in [0.15, 0.2) is 12.4 Å². The van der Waals surface area contributed by atoms with Crippen molar-refractivity contribution in [2.45, 2.75) is 39.2 Å². The molecule has 1 unspecified atom stereocenters. The Kier molecular flexibility index (Phi) is 3.31. The summed E-state index contributed by atoms with van der Waals surface area (Å²) in [5.74, 6) is 0.993. The summed E-state index contributed by atoms with van der Waals surface area (Å²) < 4.78 is 0. The van der Waals surface area contributed by atoms with Crippen molar-refractivity contribution in [1.82, 2.24) is 15.3 Å². The standard InChI is InChI=1S/C12H19N3/c1-9(13-6-5-11-3-4-11)12-10(2)14-7-8-15-12/h7-9,11,13H,3-6H2,1-2H3. The van der Waals surface area contributed by atoms with Crippen LogP contribution in [-0.4, -0.2) is 16.5 Å². The maximum Gasteiger partial charge on any atom is 0.0782 e. The Morgan fingerprint density at radius 3 is 2.80 bits per heavy atom. The lowest BCUT2D eigenvalue weighted by atomic mass is 10.2. The Balaban J connectivity index is 1.83. The van der Waals surface area contributed by atoms with Crippen molar-refractivity contribution in [3.63, 3.8) is 0 Å². The molecule has 1 fully saturated rings. The molecule has 0 aromatic carbocycles. The van der Waals surface area contributed by atoms with Crippen LogP contribution in [0, 0.1) is 12.8 Å². The number of aryl methyl sites for hydroxylation is 1. The van der Waals surface area contributed by atoms with E-state index in [1.54, 1.807) is 12.4 Å². The van der Waals surface area contributed by atoms with E-state index in [-0.39, 0.29) is 0 Å². The Morgan fingerprint density at radius 2 is 2.13 bits per heavy atom. The molecule has 3 nitrogen and oxygen atoms in total. The van der Waals surface area contributed by atoms with Crippen LogP contribution in [0.25, 0.3) is 0 Å². The summed E-state index contributed by atoms with van der Waals surface area (Å²) in [6.07, 6.45) is 7.68. The monoisotopic (exact) mass is 205 g/mol. The van der Waals surface area contributed by atoms with E-state index >= 15 is 0 Å². The van der Waals surface area contributed by atoms with Crippen LogP contribution in [0.5, 0.6) is 0 Å². The highest BCUT2D eigenvalue weighted by Crippen LogP contribution is 2.31. The molecule has 0 spiro atoms. The van der Waals surface area contributed by atoms with E-state index in [1.807, 2.05) is 6.92 Å². The molecular formula is C12H19N3. The fourth-order valence-electron chi connectivity index (χ4n) is 1.85. The summed E-state index contributed by atoms with van der Waals surface area (Å²) in [7, 11) is 0. The van der Waals surface area contributed by atoms with Gasteiger partial charge >= 0.3 is 0 Å². The Bertz CT molecular complexity index is 320. The molecule has 1 aliphatic rings. The number of hydrogen-bond donors (Lipinski definition) is 1. The molecule has 2 rings (SSSR count). The lowest BCUT2D eigenvalue weighted by Gasteiger charge is -2.14. The van der Waals surface area contributed by atoms with Crippen molar-refractivity contribution in [2.24, 2.45) is 5.92 Å². The Hall–Kier alpha value is -0.960. The maximum atomic E-state index is 4.37. The van der Waals surface area contributed by atoms with Gasteiger partial charge in [-0.1, -0.05) is 12.8 Å². The molecule has 1 atom stereocenters. The second-order valence-electron chi connectivity index (χ2n) is 4.43. The fraction of sp³-hybridized carbons (Fsp3) is 0.667. The second-order valence-corrected chi connectivity index (χ2v) is 4.43. The normalized spacial score (nSPS) is 17.7. The lowest BCUT2D eigenvalue weighted by molar-refractivity contribution is 0.526. The molecule has 1 heterocycles. The minimum Gasteiger partial charge on any atom is -0.309 e. The van der Waals surface area contributed by atoms with Crippen molar-refractivity contribution in [3.05, 3.63) is 23.8 Å². The van der Waals surface area contributed by atoms with Gasteiger partial charge in [0.1, 0.15) is 0 Å². The van der Waals surface area contributed by atoms with Crippen molar-refractivity contribution in [3.8, 4) is 0 Å². The third-order valence-electron chi connectivity index (χ3n) is 3.03. The highest BCUT2D eigenvalue weighted by molar-refractivity contribution is 5.12. The number of nitrogens with one attached hydrogen (secondary N) is 1. The van der Waals surface area contributed by atoms with Gasteiger partial charge in [-0.3, -0.25) is 9.97 Å². The minimum absolute atomic E-state index is 0.317. The van der Waals surface area contributed by atoms with Gasteiger partial charge in [0.15, 0.2) is 0 Å². The Morgan fingerprint density at radius 1 is 1.40 bits per heavy atom. The van der Waals surface area contributed by atoms with E-state index in [9.17, 15) is 0 Å². The van der Waals surface area contributed by atoms with Gasteiger partial charge in [0.05, 0.1) is 11.4 Å². The van der Waals surface area contributed by atoms with Crippen LogP contribution in [0.2, 0.25) is 0 Å². The maximum absolute atomic E-state index is 4.37. The first-order valence-electron chi connectivity index (χ1n) is 5.78. The van der Waals surface area contributed by atoms with Gasteiger partial charge in [-0.2, -0.15) is 0 Å². The number of hydrogen-bond acceptors (Lipinski definition) is 3. The summed E-state index contributed by atoms with van der Waals surface area (Å²) >= 11 is 0. The van der Waals surface area contributed by atoms with Crippen molar-refractivity contribution < 1.29 is 0 Å². The predicted octanol–water partition coefficient (Wildman–Crippen LogP) is 2.24. The largest absolute Gasteiger partial charge is 0.309 e. The van der Waals surface area contributed by atoms with Crippen LogP contribution in [0.1, 0.15) is 43.6 Å². The van der Waals surface area contributed by atoms with E-state index < -0.39 is 0 Å². The van der Waals surface area contributed by atoms with Gasteiger partial charge in [-0.25, -0.2) is 0 Å². The molecule has 1 aromatic rings. The molecule has 1 aromatic heterocycles. The molecule has 1 saturated carbocycles. The van der Waals surface area contributed by atoms with Gasteiger partial charge in [0, 0.05) is 18.4 Å². The van der Waals surface area contributed by atoms with Gasteiger partial charge in [0.2, 0.25) is 0 Å². The number of aromatic nitrogens is 2. The molecule has 82 valence electrons. The van der Waals surface area contributed by atoms with Crippen LogP contribution in [0.4, 0.5) is 0 Å². The quantitative estimate of drug-likeness (QED) is 0.801. The molecule has 0 saturated heterocycles. The first-order chi connectivity index (χ1) is 7.27. The first kappa shape index (κ1) is 10.6. The molecule has 3 heteroatoms. The van der Waals surface area contributed by atoms with Crippen molar-refractivity contribution in [1.29, 1.82) is 0 Å². The second kappa shape index (κ2) is 4.71. The van der Waals surface area contributed by atoms with Crippen molar-refractivity contribution >= 4 is 0 Å². The number of nitrogens with zero attached hydrogens (tertiary/aromatic N) is 2.